The lowest BCUT2D eigenvalue weighted by atomic mass is 9.75. The second-order valence-corrected chi connectivity index (χ2v) is 12.2. The summed E-state index contributed by atoms with van der Waals surface area (Å²) in [4.78, 5) is 43.2. The molecule has 0 radical (unpaired) electrons. The number of anilines is 1. The summed E-state index contributed by atoms with van der Waals surface area (Å²) in [6.45, 7) is 11.6. The van der Waals surface area contributed by atoms with Gasteiger partial charge in [-0.25, -0.2) is 0 Å². The molecule has 2 fully saturated rings. The number of carbonyl (C=O) groups excluding carboxylic acids is 3. The molecule has 3 aliphatic rings. The van der Waals surface area contributed by atoms with Crippen LogP contribution >= 0.6 is 11.8 Å². The number of rotatable bonds is 8. The summed E-state index contributed by atoms with van der Waals surface area (Å²) in [5.41, 5.74) is 5.05. The van der Waals surface area contributed by atoms with Crippen molar-refractivity contribution in [1.29, 1.82) is 0 Å². The average molecular weight is 529 g/mol. The number of carbonyl (C=O) groups is 3. The standard InChI is InChI=1S/C27H40N6O3S/c1-16(2)13-28-24(35)19-8-11-21-22(12-19)33-26(32(25(21)36)14-17(3)4)30-31-27(33)37-15-23(34)29-20-9-6-18(5)7-10-20/h6-7,9-10,16-17,19,21-22,26,30H,8,11-15H2,1-5H3,(H,28,35)(H,29,34). The van der Waals surface area contributed by atoms with Crippen LogP contribution in [0.2, 0.25) is 0 Å². The molecule has 2 aliphatic heterocycles. The van der Waals surface area contributed by atoms with Crippen LogP contribution in [0.15, 0.2) is 29.4 Å². The van der Waals surface area contributed by atoms with Gasteiger partial charge in [-0.3, -0.25) is 19.8 Å². The second kappa shape index (κ2) is 11.8. The number of amidine groups is 1. The van der Waals surface area contributed by atoms with Crippen LogP contribution in [0.1, 0.15) is 52.5 Å². The largest absolute Gasteiger partial charge is 0.356 e. The number of nitrogens with zero attached hydrogens (tertiary/aromatic N) is 3. The van der Waals surface area contributed by atoms with Gasteiger partial charge in [-0.2, -0.15) is 5.10 Å². The molecule has 4 unspecified atom stereocenters. The van der Waals surface area contributed by atoms with Gasteiger partial charge in [0.1, 0.15) is 0 Å². The quantitative estimate of drug-likeness (QED) is 0.479. The maximum absolute atomic E-state index is 13.6. The number of hydrogen-bond donors (Lipinski definition) is 3. The van der Waals surface area contributed by atoms with Crippen LogP contribution in [0.25, 0.3) is 0 Å². The summed E-state index contributed by atoms with van der Waals surface area (Å²) >= 11 is 1.36. The molecule has 10 heteroatoms. The molecule has 9 nitrogen and oxygen atoms in total. The second-order valence-electron chi connectivity index (χ2n) is 11.2. The van der Waals surface area contributed by atoms with Crippen LogP contribution in [0.4, 0.5) is 5.69 Å². The fourth-order valence-corrected chi connectivity index (χ4v) is 6.13. The lowest BCUT2D eigenvalue weighted by Crippen LogP contribution is -2.68. The normalized spacial score (nSPS) is 24.9. The van der Waals surface area contributed by atoms with E-state index in [1.54, 1.807) is 0 Å². The van der Waals surface area contributed by atoms with Gasteiger partial charge >= 0.3 is 0 Å². The molecule has 1 aromatic rings. The lowest BCUT2D eigenvalue weighted by molar-refractivity contribution is -0.158. The molecule has 0 bridgehead atoms. The van der Waals surface area contributed by atoms with Crippen molar-refractivity contribution >= 4 is 40.3 Å². The first-order valence-electron chi connectivity index (χ1n) is 13.3. The van der Waals surface area contributed by atoms with E-state index in [0.29, 0.717) is 49.4 Å². The Morgan fingerprint density at radius 1 is 1.14 bits per heavy atom. The van der Waals surface area contributed by atoms with Gasteiger partial charge < -0.3 is 20.4 Å². The fourth-order valence-electron chi connectivity index (χ4n) is 5.30. The predicted molar refractivity (Wildman–Crippen MR) is 147 cm³/mol. The highest BCUT2D eigenvalue weighted by Gasteiger charge is 2.53. The Morgan fingerprint density at radius 2 is 1.86 bits per heavy atom. The van der Waals surface area contributed by atoms with E-state index in [9.17, 15) is 14.4 Å². The zero-order chi connectivity index (χ0) is 26.7. The van der Waals surface area contributed by atoms with E-state index >= 15 is 0 Å². The molecule has 3 amide bonds. The van der Waals surface area contributed by atoms with Crippen molar-refractivity contribution in [2.45, 2.75) is 66.2 Å². The van der Waals surface area contributed by atoms with E-state index in [1.807, 2.05) is 36.1 Å². The van der Waals surface area contributed by atoms with Gasteiger partial charge in [-0.15, -0.1) is 0 Å². The zero-order valence-corrected chi connectivity index (χ0v) is 23.3. The zero-order valence-electron chi connectivity index (χ0n) is 22.5. The van der Waals surface area contributed by atoms with Crippen molar-refractivity contribution < 1.29 is 14.4 Å². The summed E-state index contributed by atoms with van der Waals surface area (Å²) in [5, 5.41) is 11.3. The van der Waals surface area contributed by atoms with Crippen molar-refractivity contribution in [2.75, 3.05) is 24.2 Å². The van der Waals surface area contributed by atoms with Gasteiger partial charge in [-0.05, 0) is 50.2 Å². The molecule has 4 rings (SSSR count). The predicted octanol–water partition coefficient (Wildman–Crippen LogP) is 3.18. The molecule has 37 heavy (non-hydrogen) atoms. The number of fused-ring (bicyclic) bond motifs is 3. The first kappa shape index (κ1) is 27.3. The highest BCUT2D eigenvalue weighted by molar-refractivity contribution is 8.14. The van der Waals surface area contributed by atoms with E-state index in [4.69, 9.17) is 0 Å². The number of nitrogens with one attached hydrogen (secondary N) is 3. The number of aryl methyl sites for hydroxylation is 1. The average Bonchev–Trinajstić information content (AvgIpc) is 3.28. The Bertz CT molecular complexity index is 1030. The Kier molecular flexibility index (Phi) is 8.67. The molecule has 1 aromatic carbocycles. The molecule has 202 valence electrons. The number of hydrazone groups is 1. The molecule has 3 N–H and O–H groups in total. The van der Waals surface area contributed by atoms with Gasteiger partial charge in [0.2, 0.25) is 17.7 Å². The highest BCUT2D eigenvalue weighted by atomic mass is 32.2. The number of hydrogen-bond acceptors (Lipinski definition) is 7. The number of thioether (sulfide) groups is 1. The molecule has 0 aromatic heterocycles. The van der Waals surface area contributed by atoms with E-state index in [-0.39, 0.29) is 41.4 Å². The van der Waals surface area contributed by atoms with Gasteiger partial charge in [0.05, 0.1) is 11.7 Å². The molecular weight excluding hydrogens is 488 g/mol. The van der Waals surface area contributed by atoms with Crippen LogP contribution in [-0.4, -0.2) is 63.9 Å². The van der Waals surface area contributed by atoms with Crippen molar-refractivity contribution in [3.63, 3.8) is 0 Å². The van der Waals surface area contributed by atoms with E-state index in [1.165, 1.54) is 11.8 Å². The van der Waals surface area contributed by atoms with Crippen molar-refractivity contribution in [2.24, 2.45) is 28.8 Å². The summed E-state index contributed by atoms with van der Waals surface area (Å²) in [7, 11) is 0. The lowest BCUT2D eigenvalue weighted by Gasteiger charge is -2.51. The Labute approximate surface area is 224 Å². The fraction of sp³-hybridized carbons (Fsp3) is 0.630. The van der Waals surface area contributed by atoms with Crippen LogP contribution in [0, 0.1) is 30.6 Å². The first-order chi connectivity index (χ1) is 17.6. The number of amides is 3. The van der Waals surface area contributed by atoms with Crippen LogP contribution in [-0.2, 0) is 14.4 Å². The number of benzene rings is 1. The minimum absolute atomic E-state index is 0.0662. The Hall–Kier alpha value is -2.75. The van der Waals surface area contributed by atoms with Crippen molar-refractivity contribution in [3.05, 3.63) is 29.8 Å². The summed E-state index contributed by atoms with van der Waals surface area (Å²) in [5.74, 6) is 0.652. The van der Waals surface area contributed by atoms with Gasteiger partial charge in [0.25, 0.3) is 0 Å². The first-order valence-corrected chi connectivity index (χ1v) is 14.3. The molecule has 1 aliphatic carbocycles. The molecular formula is C27H40N6O3S. The summed E-state index contributed by atoms with van der Waals surface area (Å²) < 4.78 is 0. The van der Waals surface area contributed by atoms with E-state index < -0.39 is 6.29 Å². The molecule has 0 spiro atoms. The monoisotopic (exact) mass is 528 g/mol. The van der Waals surface area contributed by atoms with Crippen molar-refractivity contribution in [3.8, 4) is 0 Å². The van der Waals surface area contributed by atoms with E-state index in [0.717, 1.165) is 11.3 Å². The van der Waals surface area contributed by atoms with Gasteiger partial charge in [0.15, 0.2) is 11.5 Å². The summed E-state index contributed by atoms with van der Waals surface area (Å²) in [6, 6.07) is 7.57. The molecule has 4 atom stereocenters. The highest BCUT2D eigenvalue weighted by Crippen LogP contribution is 2.41. The Balaban J connectivity index is 1.47. The smallest absolute Gasteiger partial charge is 0.234 e. The SMILES string of the molecule is Cc1ccc(NC(=O)CSC2=NNC3N(CC(C)C)C(=O)C4CCC(C(=O)NCC(C)C)CC4N23)cc1. The van der Waals surface area contributed by atoms with Crippen LogP contribution in [0.5, 0.6) is 0 Å². The third-order valence-electron chi connectivity index (χ3n) is 7.11. The molecule has 1 saturated heterocycles. The minimum atomic E-state index is -0.392. The van der Waals surface area contributed by atoms with Gasteiger partial charge in [0, 0.05) is 30.7 Å². The summed E-state index contributed by atoms with van der Waals surface area (Å²) in [6.07, 6.45) is 1.59. The van der Waals surface area contributed by atoms with Crippen LogP contribution in [0.3, 0.4) is 0 Å². The van der Waals surface area contributed by atoms with Crippen molar-refractivity contribution in [1.82, 2.24) is 20.5 Å². The van der Waals surface area contributed by atoms with Gasteiger partial charge in [-0.1, -0.05) is 57.2 Å². The maximum Gasteiger partial charge on any atom is 0.234 e. The Morgan fingerprint density at radius 3 is 2.54 bits per heavy atom. The molecule has 2 heterocycles. The third kappa shape index (κ3) is 6.40. The minimum Gasteiger partial charge on any atom is -0.356 e. The van der Waals surface area contributed by atoms with Crippen LogP contribution < -0.4 is 16.1 Å². The van der Waals surface area contributed by atoms with E-state index in [2.05, 4.69) is 53.8 Å². The third-order valence-corrected chi connectivity index (χ3v) is 8.08. The maximum atomic E-state index is 13.6. The topological polar surface area (TPSA) is 106 Å². The molecule has 1 saturated carbocycles.